The lowest BCUT2D eigenvalue weighted by molar-refractivity contribution is -0.151. The lowest BCUT2D eigenvalue weighted by Gasteiger charge is -2.33. The second-order valence-electron chi connectivity index (χ2n) is 5.28. The molecule has 1 heterocycles. The molecule has 4 heteroatoms. The molecule has 1 amide bonds. The third-order valence-electron chi connectivity index (χ3n) is 3.89. The van der Waals surface area contributed by atoms with Gasteiger partial charge in [0.2, 0.25) is 5.91 Å². The molecule has 1 atom stereocenters. The topological polar surface area (TPSA) is 57.6 Å². The molecule has 0 aliphatic carbocycles. The maximum Gasteiger partial charge on any atom is 0.326 e. The van der Waals surface area contributed by atoms with Crippen molar-refractivity contribution in [3.8, 4) is 0 Å². The first kappa shape index (κ1) is 14.6. The minimum Gasteiger partial charge on any atom is -0.480 e. The van der Waals surface area contributed by atoms with Crippen LogP contribution in [-0.4, -0.2) is 34.5 Å². The van der Waals surface area contributed by atoms with Crippen molar-refractivity contribution in [2.75, 3.05) is 6.54 Å². The number of carboxylic acid groups (broad SMARTS) is 1. The Bertz CT molecular complexity index is 481. The number of likely N-dealkylation sites (tertiary alicyclic amines) is 1. The predicted molar refractivity (Wildman–Crippen MR) is 76.5 cm³/mol. The maximum absolute atomic E-state index is 12.3. The fourth-order valence-corrected chi connectivity index (χ4v) is 2.66. The molecule has 0 saturated carbocycles. The minimum absolute atomic E-state index is 0.0821. The van der Waals surface area contributed by atoms with E-state index in [9.17, 15) is 14.7 Å². The summed E-state index contributed by atoms with van der Waals surface area (Å²) in [6.45, 7) is 2.65. The molecule has 1 saturated heterocycles. The summed E-state index contributed by atoms with van der Waals surface area (Å²) in [5, 5.41) is 9.20. The van der Waals surface area contributed by atoms with Gasteiger partial charge < -0.3 is 10.0 Å². The summed E-state index contributed by atoms with van der Waals surface area (Å²) in [6, 6.07) is 7.31. The third kappa shape index (κ3) is 3.38. The Morgan fingerprint density at radius 3 is 2.45 bits per heavy atom. The van der Waals surface area contributed by atoms with E-state index in [2.05, 4.69) is 6.92 Å². The van der Waals surface area contributed by atoms with Gasteiger partial charge in [0.05, 0.1) is 6.42 Å². The largest absolute Gasteiger partial charge is 0.480 e. The van der Waals surface area contributed by atoms with E-state index >= 15 is 0 Å². The summed E-state index contributed by atoms with van der Waals surface area (Å²) < 4.78 is 0. The van der Waals surface area contributed by atoms with Gasteiger partial charge in [-0.1, -0.05) is 31.2 Å². The highest BCUT2D eigenvalue weighted by molar-refractivity contribution is 5.85. The van der Waals surface area contributed by atoms with Gasteiger partial charge in [-0.05, 0) is 36.8 Å². The van der Waals surface area contributed by atoms with Crippen LogP contribution in [0.2, 0.25) is 0 Å². The fourth-order valence-electron chi connectivity index (χ4n) is 2.66. The van der Waals surface area contributed by atoms with Crippen LogP contribution in [0.3, 0.4) is 0 Å². The summed E-state index contributed by atoms with van der Waals surface area (Å²) in [6.07, 6.45) is 3.60. The van der Waals surface area contributed by atoms with Gasteiger partial charge in [-0.25, -0.2) is 4.79 Å². The Kier molecular flexibility index (Phi) is 4.77. The summed E-state index contributed by atoms with van der Waals surface area (Å²) in [7, 11) is 0. The molecule has 1 fully saturated rings. The SMILES string of the molecule is CCc1ccc(CC(=O)N2CCCCC2C(=O)O)cc1. The summed E-state index contributed by atoms with van der Waals surface area (Å²) in [5.41, 5.74) is 2.18. The van der Waals surface area contributed by atoms with Crippen LogP contribution < -0.4 is 0 Å². The van der Waals surface area contributed by atoms with Crippen molar-refractivity contribution >= 4 is 11.9 Å². The molecule has 1 N–H and O–H groups in total. The Hall–Kier alpha value is -1.84. The standard InChI is InChI=1S/C16H21NO3/c1-2-12-6-8-13(9-7-12)11-15(18)17-10-4-3-5-14(17)16(19)20/h6-9,14H,2-5,10-11H2,1H3,(H,19,20). The molecule has 1 aromatic rings. The van der Waals surface area contributed by atoms with Crippen LogP contribution in [0.4, 0.5) is 0 Å². The van der Waals surface area contributed by atoms with E-state index in [4.69, 9.17) is 0 Å². The van der Waals surface area contributed by atoms with E-state index in [1.165, 1.54) is 10.5 Å². The van der Waals surface area contributed by atoms with Crippen molar-refractivity contribution in [1.82, 2.24) is 4.90 Å². The number of nitrogens with zero attached hydrogens (tertiary/aromatic N) is 1. The number of carbonyl (C=O) groups is 2. The average molecular weight is 275 g/mol. The molecule has 0 spiro atoms. The van der Waals surface area contributed by atoms with E-state index in [0.717, 1.165) is 24.8 Å². The van der Waals surface area contributed by atoms with Crippen LogP contribution in [0.15, 0.2) is 24.3 Å². The predicted octanol–water partition coefficient (Wildman–Crippen LogP) is 2.26. The highest BCUT2D eigenvalue weighted by atomic mass is 16.4. The lowest BCUT2D eigenvalue weighted by atomic mass is 10.0. The van der Waals surface area contributed by atoms with E-state index in [1.807, 2.05) is 24.3 Å². The quantitative estimate of drug-likeness (QED) is 0.917. The van der Waals surface area contributed by atoms with E-state index in [1.54, 1.807) is 0 Å². The number of hydrogen-bond donors (Lipinski definition) is 1. The first-order chi connectivity index (χ1) is 9.61. The molecule has 0 radical (unpaired) electrons. The van der Waals surface area contributed by atoms with E-state index in [-0.39, 0.29) is 12.3 Å². The van der Waals surface area contributed by atoms with Gasteiger partial charge in [-0.3, -0.25) is 4.79 Å². The molecule has 1 aliphatic heterocycles. The van der Waals surface area contributed by atoms with Crippen LogP contribution in [0.1, 0.15) is 37.3 Å². The van der Waals surface area contributed by atoms with Crippen LogP contribution in [0.5, 0.6) is 0 Å². The van der Waals surface area contributed by atoms with Crippen LogP contribution in [0, 0.1) is 0 Å². The number of benzene rings is 1. The molecule has 1 aromatic carbocycles. The minimum atomic E-state index is -0.889. The van der Waals surface area contributed by atoms with Crippen molar-refractivity contribution in [2.45, 2.75) is 45.1 Å². The molecular formula is C16H21NO3. The number of carboxylic acids is 1. The Labute approximate surface area is 119 Å². The van der Waals surface area contributed by atoms with Crippen molar-refractivity contribution in [3.63, 3.8) is 0 Å². The highest BCUT2D eigenvalue weighted by Crippen LogP contribution is 2.19. The highest BCUT2D eigenvalue weighted by Gasteiger charge is 2.31. The van der Waals surface area contributed by atoms with Gasteiger partial charge in [0.15, 0.2) is 0 Å². The number of hydrogen-bond acceptors (Lipinski definition) is 2. The number of aryl methyl sites for hydroxylation is 1. The van der Waals surface area contributed by atoms with Crippen LogP contribution in [-0.2, 0) is 22.4 Å². The Balaban J connectivity index is 2.03. The molecule has 0 aromatic heterocycles. The maximum atomic E-state index is 12.3. The lowest BCUT2D eigenvalue weighted by Crippen LogP contribution is -2.48. The van der Waals surface area contributed by atoms with Gasteiger partial charge in [0.25, 0.3) is 0 Å². The van der Waals surface area contributed by atoms with Crippen molar-refractivity contribution in [2.24, 2.45) is 0 Å². The van der Waals surface area contributed by atoms with Crippen LogP contribution in [0.25, 0.3) is 0 Å². The first-order valence-corrected chi connectivity index (χ1v) is 7.22. The van der Waals surface area contributed by atoms with Gasteiger partial charge in [-0.2, -0.15) is 0 Å². The summed E-state index contributed by atoms with van der Waals surface area (Å²) in [4.78, 5) is 25.0. The Morgan fingerprint density at radius 2 is 1.85 bits per heavy atom. The third-order valence-corrected chi connectivity index (χ3v) is 3.89. The van der Waals surface area contributed by atoms with Crippen molar-refractivity contribution < 1.29 is 14.7 Å². The van der Waals surface area contributed by atoms with E-state index < -0.39 is 12.0 Å². The fraction of sp³-hybridized carbons (Fsp3) is 0.500. The monoisotopic (exact) mass is 275 g/mol. The number of amides is 1. The van der Waals surface area contributed by atoms with Crippen LogP contribution >= 0.6 is 0 Å². The first-order valence-electron chi connectivity index (χ1n) is 7.22. The Morgan fingerprint density at radius 1 is 1.20 bits per heavy atom. The number of piperidine rings is 1. The number of rotatable bonds is 4. The van der Waals surface area contributed by atoms with E-state index in [0.29, 0.717) is 13.0 Å². The van der Waals surface area contributed by atoms with Crippen molar-refractivity contribution in [1.29, 1.82) is 0 Å². The number of aliphatic carboxylic acids is 1. The van der Waals surface area contributed by atoms with Gasteiger partial charge in [0, 0.05) is 6.54 Å². The van der Waals surface area contributed by atoms with Gasteiger partial charge >= 0.3 is 5.97 Å². The molecule has 108 valence electrons. The summed E-state index contributed by atoms with van der Waals surface area (Å²) in [5.74, 6) is -0.972. The zero-order valence-corrected chi connectivity index (χ0v) is 11.8. The summed E-state index contributed by atoms with van der Waals surface area (Å²) >= 11 is 0. The average Bonchev–Trinajstić information content (AvgIpc) is 2.48. The molecule has 2 rings (SSSR count). The normalized spacial score (nSPS) is 18.9. The molecular weight excluding hydrogens is 254 g/mol. The molecule has 1 aliphatic rings. The molecule has 1 unspecified atom stereocenters. The smallest absolute Gasteiger partial charge is 0.326 e. The zero-order valence-electron chi connectivity index (χ0n) is 11.8. The number of carbonyl (C=O) groups excluding carboxylic acids is 1. The zero-order chi connectivity index (χ0) is 14.5. The van der Waals surface area contributed by atoms with Crippen molar-refractivity contribution in [3.05, 3.63) is 35.4 Å². The molecule has 4 nitrogen and oxygen atoms in total. The van der Waals surface area contributed by atoms with Gasteiger partial charge in [0.1, 0.15) is 6.04 Å². The second kappa shape index (κ2) is 6.55. The second-order valence-corrected chi connectivity index (χ2v) is 5.28. The van der Waals surface area contributed by atoms with Gasteiger partial charge in [-0.15, -0.1) is 0 Å². The molecule has 20 heavy (non-hydrogen) atoms. The molecule has 0 bridgehead atoms.